The van der Waals surface area contributed by atoms with Crippen molar-refractivity contribution < 1.29 is 0 Å². The van der Waals surface area contributed by atoms with Crippen molar-refractivity contribution in [3.8, 4) is 11.3 Å². The zero-order valence-corrected chi connectivity index (χ0v) is 10.6. The number of nitrogens with zero attached hydrogens (tertiary/aromatic N) is 3. The number of aromatic nitrogens is 3. The molecule has 0 aliphatic carbocycles. The lowest BCUT2D eigenvalue weighted by atomic mass is 10.1. The van der Waals surface area contributed by atoms with Crippen LogP contribution < -0.4 is 5.73 Å². The van der Waals surface area contributed by atoms with E-state index in [2.05, 4.69) is 28.4 Å². The molecule has 0 fully saturated rings. The zero-order chi connectivity index (χ0) is 12.4. The van der Waals surface area contributed by atoms with Gasteiger partial charge in [0.15, 0.2) is 0 Å². The molecular weight excluding hydrogens is 212 g/mol. The summed E-state index contributed by atoms with van der Waals surface area (Å²) in [6.45, 7) is 7.07. The number of imidazole rings is 1. The Hall–Kier alpha value is -1.84. The minimum Gasteiger partial charge on any atom is -0.383 e. The van der Waals surface area contributed by atoms with E-state index in [1.165, 1.54) is 0 Å². The lowest BCUT2D eigenvalue weighted by Crippen LogP contribution is -2.04. The van der Waals surface area contributed by atoms with Gasteiger partial charge in [-0.25, -0.2) is 4.98 Å². The highest BCUT2D eigenvalue weighted by Gasteiger charge is 2.15. The van der Waals surface area contributed by atoms with Gasteiger partial charge < -0.3 is 10.3 Å². The summed E-state index contributed by atoms with van der Waals surface area (Å²) >= 11 is 0. The maximum Gasteiger partial charge on any atom is 0.131 e. The standard InChI is InChI=1S/C13H18N4/c1-4-11-16-12(13(14)17(11)5-2)10-8-15-7-6-9(10)3/h6-8H,4-5,14H2,1-3H3. The molecule has 2 rings (SSSR count). The van der Waals surface area contributed by atoms with E-state index in [1.54, 1.807) is 6.20 Å². The Bertz CT molecular complexity index is 528. The van der Waals surface area contributed by atoms with Crippen LogP contribution in [0.25, 0.3) is 11.3 Å². The summed E-state index contributed by atoms with van der Waals surface area (Å²) in [5.41, 5.74) is 9.19. The van der Waals surface area contributed by atoms with Gasteiger partial charge in [-0.3, -0.25) is 4.98 Å². The van der Waals surface area contributed by atoms with Gasteiger partial charge in [-0.1, -0.05) is 6.92 Å². The van der Waals surface area contributed by atoms with E-state index in [0.717, 1.165) is 41.4 Å². The average Bonchev–Trinajstić information content (AvgIpc) is 2.66. The van der Waals surface area contributed by atoms with E-state index in [0.29, 0.717) is 0 Å². The molecule has 0 radical (unpaired) electrons. The summed E-state index contributed by atoms with van der Waals surface area (Å²) in [4.78, 5) is 8.78. The molecule has 17 heavy (non-hydrogen) atoms. The lowest BCUT2D eigenvalue weighted by Gasteiger charge is -2.05. The predicted molar refractivity (Wildman–Crippen MR) is 69.7 cm³/mol. The van der Waals surface area contributed by atoms with Gasteiger partial charge in [0.1, 0.15) is 17.3 Å². The van der Waals surface area contributed by atoms with E-state index < -0.39 is 0 Å². The summed E-state index contributed by atoms with van der Waals surface area (Å²) in [5, 5.41) is 0. The number of hydrogen-bond acceptors (Lipinski definition) is 3. The van der Waals surface area contributed by atoms with Gasteiger partial charge in [-0.05, 0) is 25.5 Å². The van der Waals surface area contributed by atoms with Crippen LogP contribution in [0.15, 0.2) is 18.5 Å². The molecule has 0 amide bonds. The molecule has 0 aliphatic heterocycles. The van der Waals surface area contributed by atoms with Crippen LogP contribution in [0, 0.1) is 6.92 Å². The normalized spacial score (nSPS) is 10.8. The average molecular weight is 230 g/mol. The largest absolute Gasteiger partial charge is 0.383 e. The second kappa shape index (κ2) is 4.57. The highest BCUT2D eigenvalue weighted by Crippen LogP contribution is 2.28. The Morgan fingerprint density at radius 2 is 2.12 bits per heavy atom. The first-order valence-electron chi connectivity index (χ1n) is 5.94. The highest BCUT2D eigenvalue weighted by atomic mass is 15.1. The molecule has 0 bridgehead atoms. The van der Waals surface area contributed by atoms with E-state index in [9.17, 15) is 0 Å². The van der Waals surface area contributed by atoms with Crippen molar-refractivity contribution in [1.29, 1.82) is 0 Å². The third kappa shape index (κ3) is 1.90. The first-order valence-corrected chi connectivity index (χ1v) is 5.94. The molecule has 0 spiro atoms. The van der Waals surface area contributed by atoms with Gasteiger partial charge in [0.25, 0.3) is 0 Å². The van der Waals surface area contributed by atoms with Gasteiger partial charge in [-0.2, -0.15) is 0 Å². The molecule has 0 atom stereocenters. The molecule has 0 aliphatic rings. The van der Waals surface area contributed by atoms with Crippen LogP contribution in [0.5, 0.6) is 0 Å². The predicted octanol–water partition coefficient (Wildman–Crippen LogP) is 2.42. The second-order valence-corrected chi connectivity index (χ2v) is 4.05. The maximum absolute atomic E-state index is 6.16. The van der Waals surface area contributed by atoms with Crippen LogP contribution in [0.3, 0.4) is 0 Å². The van der Waals surface area contributed by atoms with Crippen molar-refractivity contribution in [3.05, 3.63) is 29.8 Å². The van der Waals surface area contributed by atoms with E-state index >= 15 is 0 Å². The molecule has 2 N–H and O–H groups in total. The fraction of sp³-hybridized carbons (Fsp3) is 0.385. The van der Waals surface area contributed by atoms with Gasteiger partial charge >= 0.3 is 0 Å². The van der Waals surface area contributed by atoms with E-state index in [1.807, 2.05) is 19.2 Å². The molecule has 2 heterocycles. The molecular formula is C13H18N4. The minimum absolute atomic E-state index is 0.737. The number of nitrogens with two attached hydrogens (primary N) is 1. The van der Waals surface area contributed by atoms with Crippen molar-refractivity contribution in [3.63, 3.8) is 0 Å². The third-order valence-electron chi connectivity index (χ3n) is 3.01. The summed E-state index contributed by atoms with van der Waals surface area (Å²) in [7, 11) is 0. The Kier molecular flexibility index (Phi) is 3.13. The number of aryl methyl sites for hydroxylation is 2. The van der Waals surface area contributed by atoms with Crippen LogP contribution in [-0.4, -0.2) is 14.5 Å². The van der Waals surface area contributed by atoms with Gasteiger partial charge in [0.05, 0.1) is 0 Å². The van der Waals surface area contributed by atoms with Crippen LogP contribution in [0.2, 0.25) is 0 Å². The minimum atomic E-state index is 0.737. The van der Waals surface area contributed by atoms with Crippen molar-refractivity contribution >= 4 is 5.82 Å². The second-order valence-electron chi connectivity index (χ2n) is 4.05. The number of pyridine rings is 1. The number of rotatable bonds is 3. The lowest BCUT2D eigenvalue weighted by molar-refractivity contribution is 0.713. The van der Waals surface area contributed by atoms with Gasteiger partial charge in [0.2, 0.25) is 0 Å². The highest BCUT2D eigenvalue weighted by molar-refractivity contribution is 5.72. The van der Waals surface area contributed by atoms with Gasteiger partial charge in [-0.15, -0.1) is 0 Å². The van der Waals surface area contributed by atoms with Crippen LogP contribution in [0.4, 0.5) is 5.82 Å². The van der Waals surface area contributed by atoms with E-state index in [-0.39, 0.29) is 0 Å². The van der Waals surface area contributed by atoms with Crippen molar-refractivity contribution in [2.45, 2.75) is 33.7 Å². The fourth-order valence-electron chi connectivity index (χ4n) is 2.05. The van der Waals surface area contributed by atoms with Crippen LogP contribution >= 0.6 is 0 Å². The summed E-state index contributed by atoms with van der Waals surface area (Å²) in [5.74, 6) is 1.77. The number of nitrogen functional groups attached to an aromatic ring is 1. The monoisotopic (exact) mass is 230 g/mol. The Morgan fingerprint density at radius 1 is 1.35 bits per heavy atom. The maximum atomic E-state index is 6.16. The van der Waals surface area contributed by atoms with Gasteiger partial charge in [0, 0.05) is 30.9 Å². The number of hydrogen-bond donors (Lipinski definition) is 1. The molecule has 4 heteroatoms. The number of anilines is 1. The smallest absolute Gasteiger partial charge is 0.131 e. The van der Waals surface area contributed by atoms with Crippen molar-refractivity contribution in [2.24, 2.45) is 0 Å². The first-order chi connectivity index (χ1) is 8.19. The van der Waals surface area contributed by atoms with Crippen molar-refractivity contribution in [2.75, 3.05) is 5.73 Å². The SMILES string of the molecule is CCc1nc(-c2cnccc2C)c(N)n1CC. The molecule has 4 nitrogen and oxygen atoms in total. The Balaban J connectivity index is 2.61. The summed E-state index contributed by atoms with van der Waals surface area (Å²) < 4.78 is 2.06. The first kappa shape index (κ1) is 11.6. The topological polar surface area (TPSA) is 56.7 Å². The quantitative estimate of drug-likeness (QED) is 0.881. The van der Waals surface area contributed by atoms with E-state index in [4.69, 9.17) is 5.73 Å². The molecule has 0 saturated heterocycles. The van der Waals surface area contributed by atoms with Crippen molar-refractivity contribution in [1.82, 2.24) is 14.5 Å². The zero-order valence-electron chi connectivity index (χ0n) is 10.6. The molecule has 2 aromatic heterocycles. The third-order valence-corrected chi connectivity index (χ3v) is 3.01. The molecule has 0 aromatic carbocycles. The molecule has 0 unspecified atom stereocenters. The molecule has 0 saturated carbocycles. The Morgan fingerprint density at radius 3 is 2.65 bits per heavy atom. The summed E-state index contributed by atoms with van der Waals surface area (Å²) in [6, 6.07) is 1.98. The van der Waals surface area contributed by atoms with Crippen LogP contribution in [-0.2, 0) is 13.0 Å². The summed E-state index contributed by atoms with van der Waals surface area (Å²) in [6.07, 6.45) is 4.50. The fourth-order valence-corrected chi connectivity index (χ4v) is 2.05. The Labute approximate surface area is 102 Å². The molecule has 90 valence electrons. The van der Waals surface area contributed by atoms with Crippen LogP contribution in [0.1, 0.15) is 25.2 Å². The molecule has 2 aromatic rings.